The first-order valence-electron chi connectivity index (χ1n) is 8.21. The second-order valence-electron chi connectivity index (χ2n) is 5.43. The number of halogens is 1. The normalized spacial score (nSPS) is 12.6. The summed E-state index contributed by atoms with van der Waals surface area (Å²) < 4.78 is 12.8. The summed E-state index contributed by atoms with van der Waals surface area (Å²) >= 11 is 0. The molecule has 136 valence electrons. The summed E-state index contributed by atoms with van der Waals surface area (Å²) in [5, 5.41) is 6.59. The van der Waals surface area contributed by atoms with Crippen molar-refractivity contribution in [3.05, 3.63) is 42.5 Å². The van der Waals surface area contributed by atoms with E-state index in [-0.39, 0.29) is 24.0 Å². The number of nitrogens with zero attached hydrogens (tertiary/aromatic N) is 3. The molecule has 2 heterocycles. The highest BCUT2D eigenvalue weighted by Crippen LogP contribution is 2.32. The average Bonchev–Trinajstić information content (AvgIpc) is 3.25. The molecule has 0 amide bonds. The molecule has 2 N–H and O–H groups in total. The second kappa shape index (κ2) is 10.1. The van der Waals surface area contributed by atoms with Crippen LogP contribution in [0.5, 0.6) is 11.5 Å². The lowest BCUT2D eigenvalue weighted by Crippen LogP contribution is -2.39. The predicted molar refractivity (Wildman–Crippen MR) is 108 cm³/mol. The van der Waals surface area contributed by atoms with Gasteiger partial charge in [-0.2, -0.15) is 0 Å². The van der Waals surface area contributed by atoms with Crippen LogP contribution in [0.4, 0.5) is 0 Å². The molecule has 0 fully saturated rings. The predicted octanol–water partition coefficient (Wildman–Crippen LogP) is 2.03. The van der Waals surface area contributed by atoms with E-state index in [1.165, 1.54) is 5.56 Å². The number of benzene rings is 1. The fourth-order valence-electron chi connectivity index (χ4n) is 2.46. The number of aliphatic imine (C=N–C) groups is 1. The molecule has 25 heavy (non-hydrogen) atoms. The van der Waals surface area contributed by atoms with Crippen LogP contribution in [0.3, 0.4) is 0 Å². The number of nitrogens with one attached hydrogen (secondary N) is 2. The van der Waals surface area contributed by atoms with E-state index >= 15 is 0 Å². The van der Waals surface area contributed by atoms with Crippen molar-refractivity contribution < 1.29 is 9.47 Å². The molecule has 1 aliphatic rings. The number of hydrogen-bond donors (Lipinski definition) is 2. The van der Waals surface area contributed by atoms with Gasteiger partial charge in [0.05, 0.1) is 6.33 Å². The molecule has 0 atom stereocenters. The first-order valence-corrected chi connectivity index (χ1v) is 8.21. The number of hydrogen-bond acceptors (Lipinski definition) is 4. The van der Waals surface area contributed by atoms with E-state index in [1.54, 1.807) is 6.20 Å². The molecule has 1 aromatic heterocycles. The van der Waals surface area contributed by atoms with Gasteiger partial charge in [-0.05, 0) is 31.0 Å². The number of aromatic nitrogens is 2. The average molecular weight is 457 g/mol. The van der Waals surface area contributed by atoms with Gasteiger partial charge in [-0.1, -0.05) is 6.07 Å². The highest BCUT2D eigenvalue weighted by Gasteiger charge is 2.12. The van der Waals surface area contributed by atoms with Gasteiger partial charge in [-0.3, -0.25) is 4.99 Å². The number of guanidine groups is 1. The van der Waals surface area contributed by atoms with Crippen molar-refractivity contribution in [1.29, 1.82) is 0 Å². The Balaban J connectivity index is 0.00000225. The number of fused-ring (bicyclic) bond motifs is 1. The van der Waals surface area contributed by atoms with Gasteiger partial charge in [0.2, 0.25) is 6.79 Å². The zero-order valence-corrected chi connectivity index (χ0v) is 16.6. The Hall–Kier alpha value is -1.97. The molecule has 0 unspecified atom stereocenters. The molecular formula is C17H24IN5O2. The third kappa shape index (κ3) is 5.80. The zero-order valence-electron chi connectivity index (χ0n) is 14.3. The molecule has 2 aromatic rings. The van der Waals surface area contributed by atoms with Crippen molar-refractivity contribution in [1.82, 2.24) is 20.2 Å². The lowest BCUT2D eigenvalue weighted by molar-refractivity contribution is 0.174. The van der Waals surface area contributed by atoms with Crippen molar-refractivity contribution in [3.63, 3.8) is 0 Å². The second-order valence-corrected chi connectivity index (χ2v) is 5.43. The summed E-state index contributed by atoms with van der Waals surface area (Å²) in [5.74, 6) is 2.47. The van der Waals surface area contributed by atoms with Crippen LogP contribution >= 0.6 is 24.0 Å². The summed E-state index contributed by atoms with van der Waals surface area (Å²) in [6.45, 7) is 5.56. The van der Waals surface area contributed by atoms with Crippen LogP contribution in [-0.2, 0) is 13.0 Å². The third-order valence-electron chi connectivity index (χ3n) is 3.67. The Bertz CT molecular complexity index is 676. The minimum Gasteiger partial charge on any atom is -0.454 e. The minimum atomic E-state index is 0. The maximum absolute atomic E-state index is 5.40. The van der Waals surface area contributed by atoms with Crippen molar-refractivity contribution in [2.75, 3.05) is 26.4 Å². The van der Waals surface area contributed by atoms with Crippen LogP contribution < -0.4 is 20.1 Å². The van der Waals surface area contributed by atoms with Crippen molar-refractivity contribution in [3.8, 4) is 11.5 Å². The van der Waals surface area contributed by atoms with E-state index in [4.69, 9.17) is 9.47 Å². The van der Waals surface area contributed by atoms with Gasteiger partial charge in [0.25, 0.3) is 0 Å². The largest absolute Gasteiger partial charge is 0.454 e. The Kier molecular flexibility index (Phi) is 7.83. The Morgan fingerprint density at radius 2 is 2.16 bits per heavy atom. The summed E-state index contributed by atoms with van der Waals surface area (Å²) in [6, 6.07) is 6.04. The molecule has 0 saturated carbocycles. The quantitative estimate of drug-likeness (QED) is 0.378. The lowest BCUT2D eigenvalue weighted by atomic mass is 10.1. The van der Waals surface area contributed by atoms with E-state index in [2.05, 4.69) is 33.6 Å². The summed E-state index contributed by atoms with van der Waals surface area (Å²) in [6.07, 6.45) is 6.40. The third-order valence-corrected chi connectivity index (χ3v) is 3.67. The highest BCUT2D eigenvalue weighted by atomic mass is 127. The van der Waals surface area contributed by atoms with Gasteiger partial charge >= 0.3 is 0 Å². The molecule has 0 saturated heterocycles. The molecule has 1 aromatic carbocycles. The van der Waals surface area contributed by atoms with Crippen LogP contribution in [0.15, 0.2) is 41.9 Å². The highest BCUT2D eigenvalue weighted by molar-refractivity contribution is 14.0. The van der Waals surface area contributed by atoms with Gasteiger partial charge in [-0.15, -0.1) is 24.0 Å². The SMILES string of the molecule is CCNC(=NCCc1ccc2c(c1)OCO2)NCCn1ccnc1.I. The van der Waals surface area contributed by atoms with Crippen LogP contribution in [0.1, 0.15) is 12.5 Å². The fraction of sp³-hybridized carbons (Fsp3) is 0.412. The van der Waals surface area contributed by atoms with Crippen molar-refractivity contribution in [2.45, 2.75) is 19.9 Å². The maximum atomic E-state index is 5.40. The number of ether oxygens (including phenoxy) is 2. The molecule has 0 radical (unpaired) electrons. The van der Waals surface area contributed by atoms with E-state index in [0.717, 1.165) is 43.5 Å². The van der Waals surface area contributed by atoms with E-state index in [9.17, 15) is 0 Å². The minimum absolute atomic E-state index is 0. The van der Waals surface area contributed by atoms with Crippen LogP contribution in [0.2, 0.25) is 0 Å². The van der Waals surface area contributed by atoms with Gasteiger partial charge in [0.1, 0.15) is 0 Å². The van der Waals surface area contributed by atoms with Crippen LogP contribution in [0.25, 0.3) is 0 Å². The molecule has 3 rings (SSSR count). The Morgan fingerprint density at radius 1 is 1.28 bits per heavy atom. The summed E-state index contributed by atoms with van der Waals surface area (Å²) in [5.41, 5.74) is 1.19. The summed E-state index contributed by atoms with van der Waals surface area (Å²) in [4.78, 5) is 8.65. The van der Waals surface area contributed by atoms with Crippen molar-refractivity contribution >= 4 is 29.9 Å². The monoisotopic (exact) mass is 457 g/mol. The Labute approximate surface area is 164 Å². The van der Waals surface area contributed by atoms with E-state index < -0.39 is 0 Å². The van der Waals surface area contributed by atoms with Gasteiger partial charge in [0, 0.05) is 38.6 Å². The van der Waals surface area contributed by atoms with E-state index in [1.807, 2.05) is 29.2 Å². The summed E-state index contributed by atoms with van der Waals surface area (Å²) in [7, 11) is 0. The zero-order chi connectivity index (χ0) is 16.6. The molecule has 0 spiro atoms. The van der Waals surface area contributed by atoms with Crippen LogP contribution in [-0.4, -0.2) is 41.9 Å². The molecule has 0 aliphatic carbocycles. The van der Waals surface area contributed by atoms with Crippen molar-refractivity contribution in [2.24, 2.45) is 4.99 Å². The topological polar surface area (TPSA) is 72.7 Å². The smallest absolute Gasteiger partial charge is 0.231 e. The van der Waals surface area contributed by atoms with E-state index in [0.29, 0.717) is 13.3 Å². The molecular weight excluding hydrogens is 433 g/mol. The lowest BCUT2D eigenvalue weighted by Gasteiger charge is -2.11. The Morgan fingerprint density at radius 3 is 2.96 bits per heavy atom. The first kappa shape index (κ1) is 19.4. The molecule has 0 bridgehead atoms. The first-order chi connectivity index (χ1) is 11.8. The standard InChI is InChI=1S/C17H23N5O2.HI/c1-2-19-17(21-8-10-22-9-7-18-12-22)20-6-5-14-3-4-15-16(11-14)24-13-23-15;/h3-4,7,9,11-12H,2,5-6,8,10,13H2,1H3,(H2,19,20,21);1H. The number of rotatable bonds is 7. The molecule has 1 aliphatic heterocycles. The van der Waals surface area contributed by atoms with Crippen LogP contribution in [0, 0.1) is 0 Å². The number of imidazole rings is 1. The fourth-order valence-corrected chi connectivity index (χ4v) is 2.46. The maximum Gasteiger partial charge on any atom is 0.231 e. The molecule has 7 nitrogen and oxygen atoms in total. The van der Waals surface area contributed by atoms with Gasteiger partial charge in [-0.25, -0.2) is 4.98 Å². The molecule has 8 heteroatoms. The van der Waals surface area contributed by atoms with Gasteiger partial charge in [0.15, 0.2) is 17.5 Å². The van der Waals surface area contributed by atoms with Gasteiger partial charge < -0.3 is 24.7 Å².